The van der Waals surface area contributed by atoms with E-state index in [1.54, 1.807) is 0 Å². The van der Waals surface area contributed by atoms with Gasteiger partial charge in [0, 0.05) is 6.54 Å². The van der Waals surface area contributed by atoms with Gasteiger partial charge in [0.2, 0.25) is 0 Å². The van der Waals surface area contributed by atoms with Crippen molar-refractivity contribution in [3.63, 3.8) is 0 Å². The number of nitriles is 1. The van der Waals surface area contributed by atoms with E-state index in [0.29, 0.717) is 25.3 Å². The first kappa shape index (κ1) is 11.9. The Bertz CT molecular complexity index is 440. The molecular formula is C13H16N2O2. The Kier molecular flexibility index (Phi) is 3.62. The molecule has 1 aliphatic rings. The van der Waals surface area contributed by atoms with Crippen LogP contribution in [0.3, 0.4) is 0 Å². The molecule has 4 heteroatoms. The topological polar surface area (TPSA) is 56.5 Å². The number of aryl methyl sites for hydroxylation is 1. The van der Waals surface area contributed by atoms with Gasteiger partial charge in [-0.3, -0.25) is 0 Å². The van der Waals surface area contributed by atoms with Gasteiger partial charge < -0.3 is 14.7 Å². The predicted octanol–water partition coefficient (Wildman–Crippen LogP) is 1.06. The lowest BCUT2D eigenvalue weighted by Gasteiger charge is -2.37. The quantitative estimate of drug-likeness (QED) is 0.828. The molecule has 0 radical (unpaired) electrons. The molecular weight excluding hydrogens is 216 g/mol. The molecule has 0 amide bonds. The highest BCUT2D eigenvalue weighted by Gasteiger charge is 2.25. The standard InChI is InChI=1S/C13H16N2O2/c1-10-3-2-4-11(7-14)13(10)15-5-6-17-9-12(15)8-16/h2-4,12,16H,5-6,8-9H2,1H3. The molecule has 1 aromatic carbocycles. The average molecular weight is 232 g/mol. The van der Waals surface area contributed by atoms with Crippen LogP contribution in [0.1, 0.15) is 11.1 Å². The Morgan fingerprint density at radius 2 is 2.41 bits per heavy atom. The maximum atomic E-state index is 9.37. The number of para-hydroxylation sites is 1. The minimum atomic E-state index is -0.0584. The average Bonchev–Trinajstić information content (AvgIpc) is 2.38. The molecule has 1 N–H and O–H groups in total. The van der Waals surface area contributed by atoms with E-state index >= 15 is 0 Å². The van der Waals surface area contributed by atoms with Crippen LogP contribution in [0.2, 0.25) is 0 Å². The molecule has 0 aromatic heterocycles. The predicted molar refractivity (Wildman–Crippen MR) is 64.9 cm³/mol. The molecule has 1 heterocycles. The van der Waals surface area contributed by atoms with Gasteiger partial charge in [-0.1, -0.05) is 12.1 Å². The summed E-state index contributed by atoms with van der Waals surface area (Å²) in [4.78, 5) is 2.08. The summed E-state index contributed by atoms with van der Waals surface area (Å²) >= 11 is 0. The second kappa shape index (κ2) is 5.17. The van der Waals surface area contributed by atoms with Crippen LogP contribution in [-0.2, 0) is 4.74 Å². The van der Waals surface area contributed by atoms with E-state index in [2.05, 4.69) is 11.0 Å². The Morgan fingerprint density at radius 3 is 3.12 bits per heavy atom. The maximum Gasteiger partial charge on any atom is 0.101 e. The van der Waals surface area contributed by atoms with E-state index in [1.165, 1.54) is 0 Å². The lowest BCUT2D eigenvalue weighted by atomic mass is 10.1. The van der Waals surface area contributed by atoms with Gasteiger partial charge >= 0.3 is 0 Å². The minimum Gasteiger partial charge on any atom is -0.394 e. The highest BCUT2D eigenvalue weighted by molar-refractivity contribution is 5.64. The molecule has 90 valence electrons. The van der Waals surface area contributed by atoms with Crippen molar-refractivity contribution >= 4 is 5.69 Å². The number of morpholine rings is 1. The van der Waals surface area contributed by atoms with Crippen LogP contribution in [0.4, 0.5) is 5.69 Å². The van der Waals surface area contributed by atoms with E-state index in [-0.39, 0.29) is 12.6 Å². The smallest absolute Gasteiger partial charge is 0.101 e. The monoisotopic (exact) mass is 232 g/mol. The Hall–Kier alpha value is -1.57. The number of aliphatic hydroxyl groups excluding tert-OH is 1. The number of anilines is 1. The van der Waals surface area contributed by atoms with Gasteiger partial charge in [-0.2, -0.15) is 5.26 Å². The van der Waals surface area contributed by atoms with Gasteiger partial charge in [0.25, 0.3) is 0 Å². The number of hydrogen-bond donors (Lipinski definition) is 1. The molecule has 4 nitrogen and oxygen atoms in total. The summed E-state index contributed by atoms with van der Waals surface area (Å²) in [5.41, 5.74) is 2.65. The fourth-order valence-electron chi connectivity index (χ4n) is 2.23. The zero-order valence-electron chi connectivity index (χ0n) is 9.89. The van der Waals surface area contributed by atoms with Gasteiger partial charge in [-0.25, -0.2) is 0 Å². The second-order valence-corrected chi connectivity index (χ2v) is 4.19. The van der Waals surface area contributed by atoms with Crippen LogP contribution in [0, 0.1) is 18.3 Å². The summed E-state index contributed by atoms with van der Waals surface area (Å²) in [7, 11) is 0. The number of hydrogen-bond acceptors (Lipinski definition) is 4. The fraction of sp³-hybridized carbons (Fsp3) is 0.462. The van der Waals surface area contributed by atoms with E-state index < -0.39 is 0 Å². The summed E-state index contributed by atoms with van der Waals surface area (Å²) in [6, 6.07) is 7.83. The zero-order valence-corrected chi connectivity index (χ0v) is 9.89. The molecule has 0 bridgehead atoms. The van der Waals surface area contributed by atoms with E-state index in [4.69, 9.17) is 10.00 Å². The molecule has 17 heavy (non-hydrogen) atoms. The minimum absolute atomic E-state index is 0.0409. The number of aliphatic hydroxyl groups is 1. The first-order valence-corrected chi connectivity index (χ1v) is 5.73. The Morgan fingerprint density at radius 1 is 1.59 bits per heavy atom. The molecule has 0 saturated carbocycles. The van der Waals surface area contributed by atoms with Crippen molar-refractivity contribution in [1.82, 2.24) is 0 Å². The van der Waals surface area contributed by atoms with E-state index in [1.807, 2.05) is 25.1 Å². The van der Waals surface area contributed by atoms with Crippen molar-refractivity contribution in [3.8, 4) is 6.07 Å². The third-order valence-corrected chi connectivity index (χ3v) is 3.08. The normalized spacial score (nSPS) is 20.1. The lowest BCUT2D eigenvalue weighted by Crippen LogP contribution is -2.48. The van der Waals surface area contributed by atoms with Crippen molar-refractivity contribution in [2.45, 2.75) is 13.0 Å². The number of nitrogens with zero attached hydrogens (tertiary/aromatic N) is 2. The second-order valence-electron chi connectivity index (χ2n) is 4.19. The van der Waals surface area contributed by atoms with E-state index in [9.17, 15) is 5.11 Å². The third-order valence-electron chi connectivity index (χ3n) is 3.08. The van der Waals surface area contributed by atoms with Gasteiger partial charge in [-0.15, -0.1) is 0 Å². The highest BCUT2D eigenvalue weighted by atomic mass is 16.5. The van der Waals surface area contributed by atoms with Crippen molar-refractivity contribution in [2.75, 3.05) is 31.3 Å². The molecule has 2 rings (SSSR count). The van der Waals surface area contributed by atoms with Gasteiger partial charge in [0.15, 0.2) is 0 Å². The molecule has 1 saturated heterocycles. The summed E-state index contributed by atoms with van der Waals surface area (Å²) in [5, 5.41) is 18.5. The first-order valence-electron chi connectivity index (χ1n) is 5.73. The Balaban J connectivity index is 2.41. The van der Waals surface area contributed by atoms with Crippen LogP contribution in [0.25, 0.3) is 0 Å². The maximum absolute atomic E-state index is 9.37. The van der Waals surface area contributed by atoms with Crippen LogP contribution in [-0.4, -0.2) is 37.5 Å². The van der Waals surface area contributed by atoms with Crippen molar-refractivity contribution in [3.05, 3.63) is 29.3 Å². The van der Waals surface area contributed by atoms with Crippen molar-refractivity contribution < 1.29 is 9.84 Å². The SMILES string of the molecule is Cc1cccc(C#N)c1N1CCOCC1CO. The molecule has 1 aromatic rings. The lowest BCUT2D eigenvalue weighted by molar-refractivity contribution is 0.0726. The largest absolute Gasteiger partial charge is 0.394 e. The van der Waals surface area contributed by atoms with Gasteiger partial charge in [0.05, 0.1) is 37.1 Å². The zero-order chi connectivity index (χ0) is 12.3. The van der Waals surface area contributed by atoms with E-state index in [0.717, 1.165) is 11.3 Å². The molecule has 1 atom stereocenters. The van der Waals surface area contributed by atoms with Gasteiger partial charge in [-0.05, 0) is 18.6 Å². The summed E-state index contributed by atoms with van der Waals surface area (Å²) in [6.07, 6.45) is 0. The number of ether oxygens (including phenoxy) is 1. The summed E-state index contributed by atoms with van der Waals surface area (Å²) in [6.45, 7) is 3.88. The first-order chi connectivity index (χ1) is 8.27. The summed E-state index contributed by atoms with van der Waals surface area (Å²) in [5.74, 6) is 0. The third kappa shape index (κ3) is 2.26. The summed E-state index contributed by atoms with van der Waals surface area (Å²) < 4.78 is 5.35. The van der Waals surface area contributed by atoms with Crippen LogP contribution in [0.5, 0.6) is 0 Å². The van der Waals surface area contributed by atoms with Crippen molar-refractivity contribution in [2.24, 2.45) is 0 Å². The Labute approximate surface area is 101 Å². The van der Waals surface area contributed by atoms with Gasteiger partial charge in [0.1, 0.15) is 6.07 Å². The molecule has 0 aliphatic carbocycles. The number of rotatable bonds is 2. The fourth-order valence-corrected chi connectivity index (χ4v) is 2.23. The van der Waals surface area contributed by atoms with Crippen molar-refractivity contribution in [1.29, 1.82) is 5.26 Å². The molecule has 1 fully saturated rings. The molecule has 0 spiro atoms. The highest BCUT2D eigenvalue weighted by Crippen LogP contribution is 2.27. The number of benzene rings is 1. The van der Waals surface area contributed by atoms with Crippen LogP contribution >= 0.6 is 0 Å². The molecule has 1 unspecified atom stereocenters. The van der Waals surface area contributed by atoms with Crippen LogP contribution in [0.15, 0.2) is 18.2 Å². The molecule has 1 aliphatic heterocycles. The van der Waals surface area contributed by atoms with Crippen LogP contribution < -0.4 is 4.90 Å².